The van der Waals surface area contributed by atoms with Crippen LogP contribution < -0.4 is 5.32 Å². The highest BCUT2D eigenvalue weighted by molar-refractivity contribution is 6.42. The predicted molar refractivity (Wildman–Crippen MR) is 99.5 cm³/mol. The van der Waals surface area contributed by atoms with Gasteiger partial charge in [0.25, 0.3) is 0 Å². The van der Waals surface area contributed by atoms with Gasteiger partial charge in [0.2, 0.25) is 5.91 Å². The standard InChI is InChI=1S/C19H17Cl2NO4/c1-12(23)22-17(9-13-5-3-2-4-6-13)19(25)26-11-18(24)14-7-8-15(20)16(21)10-14/h2-8,10,17H,9,11H2,1H3,(H,22,23). The van der Waals surface area contributed by atoms with Gasteiger partial charge < -0.3 is 10.1 Å². The Morgan fingerprint density at radius 2 is 1.73 bits per heavy atom. The Balaban J connectivity index is 2.00. The molecule has 0 saturated carbocycles. The number of halogens is 2. The number of ether oxygens (including phenoxy) is 1. The van der Waals surface area contributed by atoms with Crippen LogP contribution in [0.1, 0.15) is 22.8 Å². The summed E-state index contributed by atoms with van der Waals surface area (Å²) in [4.78, 5) is 35.8. The molecule has 2 rings (SSSR count). The van der Waals surface area contributed by atoms with Crippen LogP contribution in [0, 0.1) is 0 Å². The summed E-state index contributed by atoms with van der Waals surface area (Å²) in [5.74, 6) is -1.46. The molecule has 26 heavy (non-hydrogen) atoms. The first kappa shape index (κ1) is 19.9. The van der Waals surface area contributed by atoms with E-state index in [4.69, 9.17) is 27.9 Å². The number of nitrogens with one attached hydrogen (secondary N) is 1. The second-order valence-electron chi connectivity index (χ2n) is 5.60. The van der Waals surface area contributed by atoms with Crippen LogP contribution in [0.4, 0.5) is 0 Å². The van der Waals surface area contributed by atoms with Gasteiger partial charge in [-0.25, -0.2) is 4.79 Å². The van der Waals surface area contributed by atoms with Crippen molar-refractivity contribution in [1.29, 1.82) is 0 Å². The molecule has 0 aliphatic carbocycles. The van der Waals surface area contributed by atoms with Gasteiger partial charge in [0.1, 0.15) is 6.04 Å². The number of rotatable bonds is 7. The van der Waals surface area contributed by atoms with E-state index in [0.717, 1.165) is 5.56 Å². The highest BCUT2D eigenvalue weighted by Gasteiger charge is 2.22. The third-order valence-corrected chi connectivity index (χ3v) is 4.27. The molecule has 0 fully saturated rings. The topological polar surface area (TPSA) is 72.5 Å². The molecule has 1 atom stereocenters. The van der Waals surface area contributed by atoms with E-state index in [9.17, 15) is 14.4 Å². The second kappa shape index (κ2) is 9.36. The molecule has 0 heterocycles. The van der Waals surface area contributed by atoms with Crippen LogP contribution in [0.25, 0.3) is 0 Å². The monoisotopic (exact) mass is 393 g/mol. The van der Waals surface area contributed by atoms with Crippen molar-refractivity contribution in [3.63, 3.8) is 0 Å². The summed E-state index contributed by atoms with van der Waals surface area (Å²) >= 11 is 11.7. The Morgan fingerprint density at radius 1 is 1.04 bits per heavy atom. The number of amides is 1. The molecule has 136 valence electrons. The van der Waals surface area contributed by atoms with Crippen molar-refractivity contribution in [2.45, 2.75) is 19.4 Å². The summed E-state index contributed by atoms with van der Waals surface area (Å²) in [6.45, 7) is 0.855. The van der Waals surface area contributed by atoms with Crippen LogP contribution in [0.2, 0.25) is 10.0 Å². The van der Waals surface area contributed by atoms with E-state index in [1.54, 1.807) is 0 Å². The molecule has 0 saturated heterocycles. The third kappa shape index (κ3) is 5.86. The molecule has 7 heteroatoms. The van der Waals surface area contributed by atoms with Gasteiger partial charge >= 0.3 is 5.97 Å². The maximum Gasteiger partial charge on any atom is 0.329 e. The number of Topliss-reactive ketones (excluding diaryl/α,β-unsaturated/α-hetero) is 1. The summed E-state index contributed by atoms with van der Waals surface area (Å²) < 4.78 is 5.08. The zero-order valence-electron chi connectivity index (χ0n) is 14.0. The summed E-state index contributed by atoms with van der Waals surface area (Å²) in [5, 5.41) is 3.11. The number of ketones is 1. The molecule has 0 aliphatic heterocycles. The third-order valence-electron chi connectivity index (χ3n) is 3.53. The fourth-order valence-electron chi connectivity index (χ4n) is 2.28. The van der Waals surface area contributed by atoms with Crippen molar-refractivity contribution in [1.82, 2.24) is 5.32 Å². The van der Waals surface area contributed by atoms with Crippen LogP contribution in [0.15, 0.2) is 48.5 Å². The number of hydrogen-bond acceptors (Lipinski definition) is 4. The zero-order valence-corrected chi connectivity index (χ0v) is 15.5. The van der Waals surface area contributed by atoms with Gasteiger partial charge in [0, 0.05) is 18.9 Å². The fourth-order valence-corrected chi connectivity index (χ4v) is 2.58. The quantitative estimate of drug-likeness (QED) is 0.577. The fraction of sp³-hybridized carbons (Fsp3) is 0.211. The smallest absolute Gasteiger partial charge is 0.329 e. The van der Waals surface area contributed by atoms with Gasteiger partial charge in [-0.3, -0.25) is 9.59 Å². The SMILES string of the molecule is CC(=O)NC(Cc1ccccc1)C(=O)OCC(=O)c1ccc(Cl)c(Cl)c1. The Kier molecular flexibility index (Phi) is 7.18. The molecule has 2 aromatic carbocycles. The van der Waals surface area contributed by atoms with E-state index >= 15 is 0 Å². The lowest BCUT2D eigenvalue weighted by Crippen LogP contribution is -2.42. The molecular formula is C19H17Cl2NO4. The summed E-state index contributed by atoms with van der Waals surface area (Å²) in [6.07, 6.45) is 0.264. The van der Waals surface area contributed by atoms with Gasteiger partial charge in [0.05, 0.1) is 10.0 Å². The predicted octanol–water partition coefficient (Wildman–Crippen LogP) is 3.47. The van der Waals surface area contributed by atoms with Crippen molar-refractivity contribution in [3.05, 3.63) is 69.7 Å². The summed E-state index contributed by atoms with van der Waals surface area (Å²) in [6, 6.07) is 12.7. The molecular weight excluding hydrogens is 377 g/mol. The minimum absolute atomic E-state index is 0.240. The first-order chi connectivity index (χ1) is 12.4. The molecule has 0 bridgehead atoms. The largest absolute Gasteiger partial charge is 0.456 e. The summed E-state index contributed by atoms with van der Waals surface area (Å²) in [5.41, 5.74) is 1.14. The number of benzene rings is 2. The van der Waals surface area contributed by atoms with E-state index in [2.05, 4.69) is 5.32 Å². The van der Waals surface area contributed by atoms with Crippen molar-refractivity contribution in [2.75, 3.05) is 6.61 Å². The second-order valence-corrected chi connectivity index (χ2v) is 6.42. The van der Waals surface area contributed by atoms with E-state index in [0.29, 0.717) is 5.02 Å². The van der Waals surface area contributed by atoms with Gasteiger partial charge in [-0.15, -0.1) is 0 Å². The van der Waals surface area contributed by atoms with E-state index < -0.39 is 24.4 Å². The Hall–Kier alpha value is -2.37. The highest BCUT2D eigenvalue weighted by atomic mass is 35.5. The Bertz CT molecular complexity index is 808. The van der Waals surface area contributed by atoms with Crippen LogP contribution in [-0.2, 0) is 20.7 Å². The molecule has 1 amide bonds. The van der Waals surface area contributed by atoms with Crippen molar-refractivity contribution < 1.29 is 19.1 Å². The average molecular weight is 394 g/mol. The first-order valence-electron chi connectivity index (χ1n) is 7.82. The number of carbonyl (C=O) groups excluding carboxylic acids is 3. The lowest BCUT2D eigenvalue weighted by atomic mass is 10.1. The Morgan fingerprint density at radius 3 is 2.35 bits per heavy atom. The normalized spacial score (nSPS) is 11.5. The molecule has 2 aromatic rings. The van der Waals surface area contributed by atoms with E-state index in [1.165, 1.54) is 25.1 Å². The van der Waals surface area contributed by atoms with Crippen LogP contribution in [-0.4, -0.2) is 30.3 Å². The Labute approximate surface area is 161 Å². The number of esters is 1. The molecule has 0 radical (unpaired) electrons. The lowest BCUT2D eigenvalue weighted by molar-refractivity contribution is -0.146. The molecule has 5 nitrogen and oxygen atoms in total. The minimum atomic E-state index is -0.878. The molecule has 0 spiro atoms. The molecule has 0 aliphatic rings. The zero-order chi connectivity index (χ0) is 19.1. The van der Waals surface area contributed by atoms with Crippen LogP contribution in [0.3, 0.4) is 0 Å². The first-order valence-corrected chi connectivity index (χ1v) is 8.58. The van der Waals surface area contributed by atoms with Gasteiger partial charge in [-0.1, -0.05) is 53.5 Å². The van der Waals surface area contributed by atoms with Crippen molar-refractivity contribution in [2.24, 2.45) is 0 Å². The number of hydrogen-bond donors (Lipinski definition) is 1. The van der Waals surface area contributed by atoms with Crippen molar-refractivity contribution in [3.8, 4) is 0 Å². The summed E-state index contributed by atoms with van der Waals surface area (Å²) in [7, 11) is 0. The molecule has 1 N–H and O–H groups in total. The van der Waals surface area contributed by atoms with E-state index in [-0.39, 0.29) is 22.9 Å². The number of carbonyl (C=O) groups is 3. The van der Waals surface area contributed by atoms with Gasteiger partial charge in [0.15, 0.2) is 12.4 Å². The highest BCUT2D eigenvalue weighted by Crippen LogP contribution is 2.22. The van der Waals surface area contributed by atoms with E-state index in [1.807, 2.05) is 30.3 Å². The maximum absolute atomic E-state index is 12.3. The van der Waals surface area contributed by atoms with Crippen LogP contribution in [0.5, 0.6) is 0 Å². The van der Waals surface area contributed by atoms with Crippen molar-refractivity contribution >= 4 is 40.9 Å². The average Bonchev–Trinajstić information content (AvgIpc) is 2.61. The minimum Gasteiger partial charge on any atom is -0.456 e. The van der Waals surface area contributed by atoms with Crippen LogP contribution >= 0.6 is 23.2 Å². The van der Waals surface area contributed by atoms with Gasteiger partial charge in [-0.2, -0.15) is 0 Å². The maximum atomic E-state index is 12.3. The molecule has 0 aromatic heterocycles. The molecule has 1 unspecified atom stereocenters. The van der Waals surface area contributed by atoms with Gasteiger partial charge in [-0.05, 0) is 23.8 Å². The lowest BCUT2D eigenvalue weighted by Gasteiger charge is -2.16.